The van der Waals surface area contributed by atoms with Gasteiger partial charge in [0.05, 0.1) is 0 Å². The zero-order chi connectivity index (χ0) is 15.0. The minimum absolute atomic E-state index is 0.507. The maximum atomic E-state index is 3.60. The van der Waals surface area contributed by atoms with Gasteiger partial charge in [0, 0.05) is 6.04 Å². The molecule has 0 aliphatic rings. The van der Waals surface area contributed by atoms with Gasteiger partial charge in [-0.1, -0.05) is 65.2 Å². The van der Waals surface area contributed by atoms with E-state index in [0.29, 0.717) is 6.04 Å². The molecule has 2 atom stereocenters. The molecule has 0 spiro atoms. The molecule has 1 N–H and O–H groups in total. The van der Waals surface area contributed by atoms with Gasteiger partial charge >= 0.3 is 0 Å². The first-order valence-electron chi connectivity index (χ1n) is 8.50. The van der Waals surface area contributed by atoms with Crippen molar-refractivity contribution in [1.82, 2.24) is 5.32 Å². The van der Waals surface area contributed by atoms with Crippen LogP contribution in [0.2, 0.25) is 0 Å². The van der Waals surface area contributed by atoms with Crippen LogP contribution >= 0.6 is 0 Å². The monoisotopic (exact) mass is 275 g/mol. The molecule has 0 aliphatic heterocycles. The van der Waals surface area contributed by atoms with Gasteiger partial charge in [-0.05, 0) is 48.9 Å². The number of hydrogen-bond acceptors (Lipinski definition) is 1. The van der Waals surface area contributed by atoms with Crippen molar-refractivity contribution < 1.29 is 0 Å². The predicted octanol–water partition coefficient (Wildman–Crippen LogP) is 5.29. The summed E-state index contributed by atoms with van der Waals surface area (Å²) in [4.78, 5) is 0. The van der Waals surface area contributed by atoms with E-state index in [4.69, 9.17) is 0 Å². The van der Waals surface area contributed by atoms with Crippen LogP contribution < -0.4 is 5.32 Å². The van der Waals surface area contributed by atoms with Crippen molar-refractivity contribution >= 4 is 0 Å². The number of rotatable bonds is 9. The van der Waals surface area contributed by atoms with Crippen LogP contribution in [-0.4, -0.2) is 7.05 Å². The Kier molecular flexibility index (Phi) is 7.91. The van der Waals surface area contributed by atoms with Gasteiger partial charge in [0.1, 0.15) is 0 Å². The molecule has 1 rings (SSSR count). The van der Waals surface area contributed by atoms with Gasteiger partial charge in [0.25, 0.3) is 0 Å². The van der Waals surface area contributed by atoms with E-state index in [1.54, 1.807) is 0 Å². The van der Waals surface area contributed by atoms with E-state index in [1.165, 1.54) is 42.4 Å². The lowest BCUT2D eigenvalue weighted by molar-refractivity contribution is 0.337. The van der Waals surface area contributed by atoms with Gasteiger partial charge in [-0.15, -0.1) is 0 Å². The van der Waals surface area contributed by atoms with Gasteiger partial charge in [0.15, 0.2) is 0 Å². The van der Waals surface area contributed by atoms with Crippen molar-refractivity contribution in [1.29, 1.82) is 0 Å². The molecule has 20 heavy (non-hydrogen) atoms. The fourth-order valence-electron chi connectivity index (χ4n) is 3.19. The SMILES string of the molecule is CCCCC(CC)C(NC)c1cc(CC)ccc1CC. The first-order valence-corrected chi connectivity index (χ1v) is 8.50. The van der Waals surface area contributed by atoms with Crippen LogP contribution in [0.4, 0.5) is 0 Å². The van der Waals surface area contributed by atoms with E-state index >= 15 is 0 Å². The normalized spacial score (nSPS) is 14.2. The zero-order valence-electron chi connectivity index (χ0n) is 14.1. The average molecular weight is 275 g/mol. The largest absolute Gasteiger partial charge is 0.313 e. The van der Waals surface area contributed by atoms with Crippen molar-refractivity contribution in [3.05, 3.63) is 34.9 Å². The maximum absolute atomic E-state index is 3.60. The molecule has 1 aromatic carbocycles. The lowest BCUT2D eigenvalue weighted by Crippen LogP contribution is -2.26. The quantitative estimate of drug-likeness (QED) is 0.646. The highest BCUT2D eigenvalue weighted by molar-refractivity contribution is 5.35. The molecule has 2 unspecified atom stereocenters. The second kappa shape index (κ2) is 9.18. The Morgan fingerprint density at radius 1 is 1.05 bits per heavy atom. The third-order valence-corrected chi connectivity index (χ3v) is 4.57. The molecule has 0 amide bonds. The van der Waals surface area contributed by atoms with Crippen LogP contribution in [-0.2, 0) is 12.8 Å². The summed E-state index contributed by atoms with van der Waals surface area (Å²) in [6.07, 6.45) is 7.47. The third kappa shape index (κ3) is 4.34. The Labute approximate surface area is 126 Å². The van der Waals surface area contributed by atoms with Gasteiger partial charge in [0.2, 0.25) is 0 Å². The summed E-state index contributed by atoms with van der Waals surface area (Å²) in [5.74, 6) is 0.748. The number of nitrogens with one attached hydrogen (secondary N) is 1. The van der Waals surface area contributed by atoms with E-state index in [2.05, 4.69) is 58.3 Å². The van der Waals surface area contributed by atoms with Gasteiger partial charge in [-0.3, -0.25) is 0 Å². The second-order valence-corrected chi connectivity index (χ2v) is 5.82. The summed E-state index contributed by atoms with van der Waals surface area (Å²) in [5, 5.41) is 3.60. The molecule has 0 aliphatic carbocycles. The van der Waals surface area contributed by atoms with Crippen LogP contribution in [0, 0.1) is 5.92 Å². The van der Waals surface area contributed by atoms with E-state index in [1.807, 2.05) is 0 Å². The Morgan fingerprint density at radius 3 is 2.30 bits per heavy atom. The number of hydrogen-bond donors (Lipinski definition) is 1. The number of unbranched alkanes of at least 4 members (excludes halogenated alkanes) is 1. The first-order chi connectivity index (χ1) is 9.71. The Hall–Kier alpha value is -0.820. The van der Waals surface area contributed by atoms with Crippen LogP contribution in [0.25, 0.3) is 0 Å². The third-order valence-electron chi connectivity index (χ3n) is 4.57. The topological polar surface area (TPSA) is 12.0 Å². The smallest absolute Gasteiger partial charge is 0.0348 e. The highest BCUT2D eigenvalue weighted by Gasteiger charge is 2.22. The van der Waals surface area contributed by atoms with E-state index < -0.39 is 0 Å². The van der Waals surface area contributed by atoms with Crippen molar-refractivity contribution in [2.24, 2.45) is 5.92 Å². The Bertz CT molecular complexity index is 383. The number of aryl methyl sites for hydroxylation is 2. The summed E-state index contributed by atoms with van der Waals surface area (Å²) in [7, 11) is 2.12. The van der Waals surface area contributed by atoms with Crippen LogP contribution in [0.5, 0.6) is 0 Å². The molecule has 0 saturated heterocycles. The van der Waals surface area contributed by atoms with Gasteiger partial charge in [-0.25, -0.2) is 0 Å². The summed E-state index contributed by atoms with van der Waals surface area (Å²) in [6, 6.07) is 7.58. The molecular formula is C19H33N. The lowest BCUT2D eigenvalue weighted by Gasteiger charge is -2.28. The fourth-order valence-corrected chi connectivity index (χ4v) is 3.19. The molecule has 1 nitrogen and oxygen atoms in total. The molecule has 0 fully saturated rings. The molecule has 0 heterocycles. The highest BCUT2D eigenvalue weighted by atomic mass is 14.9. The number of benzene rings is 1. The Balaban J connectivity index is 3.07. The second-order valence-electron chi connectivity index (χ2n) is 5.82. The highest BCUT2D eigenvalue weighted by Crippen LogP contribution is 2.31. The average Bonchev–Trinajstić information content (AvgIpc) is 2.50. The molecule has 114 valence electrons. The molecule has 1 heteroatoms. The first kappa shape index (κ1) is 17.2. The van der Waals surface area contributed by atoms with Crippen LogP contribution in [0.3, 0.4) is 0 Å². The maximum Gasteiger partial charge on any atom is 0.0348 e. The van der Waals surface area contributed by atoms with Crippen LogP contribution in [0.1, 0.15) is 76.1 Å². The molecular weight excluding hydrogens is 242 g/mol. The molecule has 0 aromatic heterocycles. The van der Waals surface area contributed by atoms with Crippen molar-refractivity contribution in [2.75, 3.05) is 7.05 Å². The summed E-state index contributed by atoms with van der Waals surface area (Å²) in [6.45, 7) is 9.13. The Morgan fingerprint density at radius 2 is 1.80 bits per heavy atom. The minimum atomic E-state index is 0.507. The van der Waals surface area contributed by atoms with Gasteiger partial charge in [-0.2, -0.15) is 0 Å². The van der Waals surface area contributed by atoms with Crippen LogP contribution in [0.15, 0.2) is 18.2 Å². The van der Waals surface area contributed by atoms with Crippen molar-refractivity contribution in [2.45, 2.75) is 72.3 Å². The summed E-state index contributed by atoms with van der Waals surface area (Å²) >= 11 is 0. The molecule has 0 bridgehead atoms. The summed E-state index contributed by atoms with van der Waals surface area (Å²) in [5.41, 5.74) is 4.51. The lowest BCUT2D eigenvalue weighted by atomic mass is 9.83. The zero-order valence-corrected chi connectivity index (χ0v) is 14.1. The van der Waals surface area contributed by atoms with Gasteiger partial charge < -0.3 is 5.32 Å². The molecule has 0 saturated carbocycles. The van der Waals surface area contributed by atoms with Crippen molar-refractivity contribution in [3.63, 3.8) is 0 Å². The molecule has 0 radical (unpaired) electrons. The fraction of sp³-hybridized carbons (Fsp3) is 0.684. The van der Waals surface area contributed by atoms with E-state index in [-0.39, 0.29) is 0 Å². The standard InChI is InChI=1S/C19H33N/c1-6-10-11-17(9-4)19(20-5)18-14-15(7-2)12-13-16(18)8-3/h12-14,17,19-20H,6-11H2,1-5H3. The van der Waals surface area contributed by atoms with Crippen molar-refractivity contribution in [3.8, 4) is 0 Å². The molecule has 1 aromatic rings. The summed E-state index contributed by atoms with van der Waals surface area (Å²) < 4.78 is 0. The predicted molar refractivity (Wildman–Crippen MR) is 90.3 cm³/mol. The van der Waals surface area contributed by atoms with E-state index in [9.17, 15) is 0 Å². The van der Waals surface area contributed by atoms with E-state index in [0.717, 1.165) is 18.8 Å². The minimum Gasteiger partial charge on any atom is -0.313 e.